The summed E-state index contributed by atoms with van der Waals surface area (Å²) in [4.78, 5) is 3.89. The quantitative estimate of drug-likeness (QED) is 0.553. The number of unbranched alkanes of at least 4 members (excludes halogenated alkanes) is 1. The molecular formula is C10H20N4O2S. The lowest BCUT2D eigenvalue weighted by Gasteiger charge is -2.33. The zero-order chi connectivity index (χ0) is 13.1. The van der Waals surface area contributed by atoms with Crippen LogP contribution in [0.5, 0.6) is 0 Å². The van der Waals surface area contributed by atoms with Gasteiger partial charge >= 0.3 is 0 Å². The van der Waals surface area contributed by atoms with E-state index in [9.17, 15) is 8.42 Å². The van der Waals surface area contributed by atoms with Gasteiger partial charge in [0, 0.05) is 18.2 Å². The van der Waals surface area contributed by atoms with Crippen LogP contribution in [0.15, 0.2) is 17.3 Å². The highest BCUT2D eigenvalue weighted by molar-refractivity contribution is 7.90. The monoisotopic (exact) mass is 260 g/mol. The lowest BCUT2D eigenvalue weighted by Crippen LogP contribution is -2.60. The maximum Gasteiger partial charge on any atom is 0.147 e. The van der Waals surface area contributed by atoms with E-state index >= 15 is 0 Å². The molecule has 0 aromatic heterocycles. The second kappa shape index (κ2) is 5.16. The molecule has 1 aliphatic heterocycles. The number of sulfone groups is 1. The Morgan fingerprint density at radius 3 is 2.71 bits per heavy atom. The van der Waals surface area contributed by atoms with E-state index in [4.69, 9.17) is 17.2 Å². The Hall–Kier alpha value is -0.920. The molecule has 0 saturated heterocycles. The molecule has 0 spiro atoms. The van der Waals surface area contributed by atoms with Crippen molar-refractivity contribution < 1.29 is 8.42 Å². The van der Waals surface area contributed by atoms with Crippen molar-refractivity contribution >= 4 is 15.7 Å². The summed E-state index contributed by atoms with van der Waals surface area (Å²) in [6.45, 7) is 0. The number of hydrogen-bond donors (Lipinski definition) is 3. The topological polar surface area (TPSA) is 125 Å². The van der Waals surface area contributed by atoms with Crippen molar-refractivity contribution in [1.29, 1.82) is 0 Å². The van der Waals surface area contributed by atoms with Crippen molar-refractivity contribution in [3.05, 3.63) is 12.3 Å². The number of nitrogens with zero attached hydrogens (tertiary/aromatic N) is 1. The predicted octanol–water partition coefficient (Wildman–Crippen LogP) is -0.889. The molecule has 98 valence electrons. The highest BCUT2D eigenvalue weighted by atomic mass is 32.2. The zero-order valence-electron chi connectivity index (χ0n) is 9.96. The molecule has 2 unspecified atom stereocenters. The van der Waals surface area contributed by atoms with E-state index in [1.54, 1.807) is 12.3 Å². The van der Waals surface area contributed by atoms with Gasteiger partial charge < -0.3 is 17.2 Å². The van der Waals surface area contributed by atoms with Gasteiger partial charge in [0.05, 0.1) is 11.6 Å². The largest absolute Gasteiger partial charge is 0.386 e. The highest BCUT2D eigenvalue weighted by Crippen LogP contribution is 2.20. The van der Waals surface area contributed by atoms with E-state index in [2.05, 4.69) is 4.99 Å². The van der Waals surface area contributed by atoms with Crippen LogP contribution in [0, 0.1) is 0 Å². The minimum Gasteiger partial charge on any atom is -0.386 e. The molecule has 17 heavy (non-hydrogen) atoms. The van der Waals surface area contributed by atoms with Crippen molar-refractivity contribution in [1.82, 2.24) is 0 Å². The summed E-state index contributed by atoms with van der Waals surface area (Å²) < 4.78 is 21.9. The van der Waals surface area contributed by atoms with E-state index < -0.39 is 21.4 Å². The number of aliphatic imine (C=N–C) groups is 1. The van der Waals surface area contributed by atoms with Gasteiger partial charge in [-0.2, -0.15) is 0 Å². The third kappa shape index (κ3) is 4.10. The molecule has 0 aliphatic carbocycles. The van der Waals surface area contributed by atoms with E-state index in [0.29, 0.717) is 25.1 Å². The van der Waals surface area contributed by atoms with Crippen LogP contribution in [-0.4, -0.2) is 37.8 Å². The van der Waals surface area contributed by atoms with Gasteiger partial charge in [0.15, 0.2) is 0 Å². The Kier molecular flexibility index (Phi) is 4.29. The molecule has 0 amide bonds. The molecule has 6 N–H and O–H groups in total. The normalized spacial score (nSPS) is 29.1. The van der Waals surface area contributed by atoms with Crippen LogP contribution < -0.4 is 17.2 Å². The molecule has 0 aromatic carbocycles. The summed E-state index contributed by atoms with van der Waals surface area (Å²) in [5, 5.41) is 0. The third-order valence-corrected chi connectivity index (χ3v) is 3.91. The first-order valence-electron chi connectivity index (χ1n) is 5.48. The Morgan fingerprint density at radius 2 is 2.12 bits per heavy atom. The second-order valence-corrected chi connectivity index (χ2v) is 6.81. The number of amidine groups is 1. The maximum atomic E-state index is 11.0. The van der Waals surface area contributed by atoms with Crippen LogP contribution in [0.3, 0.4) is 0 Å². The summed E-state index contributed by atoms with van der Waals surface area (Å²) >= 11 is 0. The number of rotatable bonds is 5. The average Bonchev–Trinajstić information content (AvgIpc) is 2.20. The molecule has 6 nitrogen and oxygen atoms in total. The molecule has 0 radical (unpaired) electrons. The molecule has 1 heterocycles. The predicted molar refractivity (Wildman–Crippen MR) is 69.2 cm³/mol. The van der Waals surface area contributed by atoms with Gasteiger partial charge in [0.2, 0.25) is 0 Å². The lowest BCUT2D eigenvalue weighted by atomic mass is 9.84. The average molecular weight is 260 g/mol. The fourth-order valence-corrected chi connectivity index (χ4v) is 2.48. The molecule has 0 fully saturated rings. The van der Waals surface area contributed by atoms with Crippen molar-refractivity contribution in [2.75, 3.05) is 12.0 Å². The summed E-state index contributed by atoms with van der Waals surface area (Å²) in [5.41, 5.74) is 16.9. The van der Waals surface area contributed by atoms with Crippen LogP contribution in [0.4, 0.5) is 0 Å². The molecule has 0 aromatic rings. The molecule has 2 atom stereocenters. The fraction of sp³-hybridized carbons (Fsp3) is 0.700. The van der Waals surface area contributed by atoms with Gasteiger partial charge in [-0.1, -0.05) is 6.42 Å². The maximum absolute atomic E-state index is 11.0. The summed E-state index contributed by atoms with van der Waals surface area (Å²) in [5.74, 6) is 0.490. The molecule has 1 aliphatic rings. The lowest BCUT2D eigenvalue weighted by molar-refractivity contribution is 0.431. The van der Waals surface area contributed by atoms with E-state index in [1.165, 1.54) is 6.26 Å². The van der Waals surface area contributed by atoms with Crippen LogP contribution in [0.2, 0.25) is 0 Å². The smallest absolute Gasteiger partial charge is 0.147 e. The summed E-state index contributed by atoms with van der Waals surface area (Å²) in [7, 11) is -2.91. The molecule has 7 heteroatoms. The Bertz CT molecular complexity index is 430. The Labute approximate surface area is 102 Å². The van der Waals surface area contributed by atoms with Crippen molar-refractivity contribution in [2.24, 2.45) is 22.2 Å². The van der Waals surface area contributed by atoms with E-state index in [1.807, 2.05) is 0 Å². The second-order valence-electron chi connectivity index (χ2n) is 4.55. The molecular weight excluding hydrogens is 240 g/mol. The van der Waals surface area contributed by atoms with Crippen LogP contribution in [0.1, 0.15) is 19.3 Å². The third-order valence-electron chi connectivity index (χ3n) is 2.88. The Balaban J connectivity index is 2.47. The van der Waals surface area contributed by atoms with Gasteiger partial charge in [-0.3, -0.25) is 0 Å². The van der Waals surface area contributed by atoms with Crippen molar-refractivity contribution in [3.63, 3.8) is 0 Å². The minimum absolute atomic E-state index is 0.172. The minimum atomic E-state index is -2.91. The summed E-state index contributed by atoms with van der Waals surface area (Å²) in [6.07, 6.45) is 6.37. The Morgan fingerprint density at radius 1 is 1.47 bits per heavy atom. The summed E-state index contributed by atoms with van der Waals surface area (Å²) in [6, 6.07) is -0.509. The number of nitrogens with two attached hydrogens (primary N) is 3. The van der Waals surface area contributed by atoms with Gasteiger partial charge in [-0.05, 0) is 18.9 Å². The first-order chi connectivity index (χ1) is 7.75. The van der Waals surface area contributed by atoms with Crippen LogP contribution in [0.25, 0.3) is 0 Å². The highest BCUT2D eigenvalue weighted by Gasteiger charge is 2.33. The van der Waals surface area contributed by atoms with Gasteiger partial charge in [-0.15, -0.1) is 0 Å². The van der Waals surface area contributed by atoms with Gasteiger partial charge in [0.25, 0.3) is 0 Å². The zero-order valence-corrected chi connectivity index (χ0v) is 10.8. The van der Waals surface area contributed by atoms with E-state index in [-0.39, 0.29) is 5.75 Å². The van der Waals surface area contributed by atoms with Gasteiger partial charge in [-0.25, -0.2) is 13.4 Å². The number of hydrogen-bond acceptors (Lipinski definition) is 6. The first-order valence-corrected chi connectivity index (χ1v) is 7.54. The van der Waals surface area contributed by atoms with Crippen molar-refractivity contribution in [2.45, 2.75) is 30.8 Å². The van der Waals surface area contributed by atoms with Crippen LogP contribution >= 0.6 is 0 Å². The van der Waals surface area contributed by atoms with Crippen LogP contribution in [-0.2, 0) is 9.84 Å². The molecule has 0 saturated carbocycles. The SMILES string of the molecule is CS(=O)(=O)CCCCC1(N)C=CN=C(N)C1N. The standard InChI is InChI=1S/C10H20N4O2S/c1-17(15,16)7-3-2-4-10(13)5-6-14-9(12)8(10)11/h5-6,8H,2-4,7,11,13H2,1H3,(H2,12,14). The fourth-order valence-electron chi connectivity index (χ4n) is 1.76. The van der Waals surface area contributed by atoms with Crippen molar-refractivity contribution in [3.8, 4) is 0 Å². The van der Waals surface area contributed by atoms with E-state index in [0.717, 1.165) is 0 Å². The first kappa shape index (κ1) is 14.1. The van der Waals surface area contributed by atoms with Gasteiger partial charge in [0.1, 0.15) is 15.7 Å². The molecule has 0 bridgehead atoms. The molecule has 1 rings (SSSR count).